The third kappa shape index (κ3) is 9.19. The van der Waals surface area contributed by atoms with E-state index in [0.717, 1.165) is 13.0 Å². The fourth-order valence-electron chi connectivity index (χ4n) is 4.33. The first-order valence-corrected chi connectivity index (χ1v) is 12.5. The molecule has 0 aliphatic rings. The van der Waals surface area contributed by atoms with Crippen molar-refractivity contribution < 1.29 is 4.57 Å². The molecule has 0 radical (unpaired) electrons. The number of unbranched alkanes of at least 4 members (excludes halogenated alkanes) is 13. The molecular formula is C27H45N2+. The predicted octanol–water partition coefficient (Wildman–Crippen LogP) is 7.81. The highest BCUT2D eigenvalue weighted by atomic mass is 15.1. The second-order valence-electron chi connectivity index (χ2n) is 8.56. The molecule has 2 rings (SSSR count). The van der Waals surface area contributed by atoms with Gasteiger partial charge in [-0.25, -0.2) is 4.57 Å². The van der Waals surface area contributed by atoms with Gasteiger partial charge in [-0.15, -0.1) is 0 Å². The minimum atomic E-state index is 1.07. The molecule has 2 nitrogen and oxygen atoms in total. The average Bonchev–Trinajstić information content (AvgIpc) is 3.17. The van der Waals surface area contributed by atoms with E-state index in [2.05, 4.69) is 65.7 Å². The van der Waals surface area contributed by atoms with Crippen LogP contribution in [0.15, 0.2) is 42.7 Å². The van der Waals surface area contributed by atoms with Crippen molar-refractivity contribution in [3.63, 3.8) is 0 Å². The number of hydrogen-bond acceptors (Lipinski definition) is 0. The Kier molecular flexibility index (Phi) is 12.5. The molecule has 162 valence electrons. The van der Waals surface area contributed by atoms with E-state index in [9.17, 15) is 0 Å². The first-order chi connectivity index (χ1) is 14.4. The van der Waals surface area contributed by atoms with Crippen LogP contribution in [0.3, 0.4) is 0 Å². The molecule has 0 saturated carbocycles. The summed E-state index contributed by atoms with van der Waals surface area (Å²) in [6.45, 7) is 5.71. The maximum absolute atomic E-state index is 2.45. The molecule has 0 fully saturated rings. The number of imidazole rings is 1. The van der Waals surface area contributed by atoms with Crippen LogP contribution in [0.4, 0.5) is 0 Å². The van der Waals surface area contributed by atoms with E-state index in [1.165, 1.54) is 101 Å². The average molecular weight is 398 g/mol. The molecule has 0 unspecified atom stereocenters. The molecule has 1 aromatic carbocycles. The van der Waals surface area contributed by atoms with E-state index >= 15 is 0 Å². The minimum absolute atomic E-state index is 1.07. The van der Waals surface area contributed by atoms with Gasteiger partial charge in [-0.05, 0) is 25.0 Å². The number of benzene rings is 1. The lowest BCUT2D eigenvalue weighted by molar-refractivity contribution is -0.703. The molecule has 0 N–H and O–H groups in total. The lowest BCUT2D eigenvalue weighted by Gasteiger charge is -2.04. The van der Waals surface area contributed by atoms with Gasteiger partial charge in [0.05, 0.1) is 6.54 Å². The Morgan fingerprint density at radius 3 is 1.69 bits per heavy atom. The molecule has 0 spiro atoms. The van der Waals surface area contributed by atoms with Gasteiger partial charge in [0.1, 0.15) is 18.1 Å². The van der Waals surface area contributed by atoms with Crippen molar-refractivity contribution in [1.82, 2.24) is 4.57 Å². The van der Waals surface area contributed by atoms with Crippen LogP contribution in [0.2, 0.25) is 0 Å². The zero-order chi connectivity index (χ0) is 20.6. The molecule has 0 bridgehead atoms. The fraction of sp³-hybridized carbons (Fsp3) is 0.667. The number of nitrogens with zero attached hydrogens (tertiary/aromatic N) is 2. The summed E-state index contributed by atoms with van der Waals surface area (Å²) in [6, 6.07) is 10.7. The molecule has 2 heteroatoms. The molecular weight excluding hydrogens is 352 g/mol. The van der Waals surface area contributed by atoms with Crippen LogP contribution in [-0.4, -0.2) is 4.57 Å². The maximum atomic E-state index is 2.45. The zero-order valence-corrected chi connectivity index (χ0v) is 19.2. The van der Waals surface area contributed by atoms with Crippen molar-refractivity contribution in [3.8, 4) is 5.69 Å². The number of hydrogen-bond donors (Lipinski definition) is 0. The number of rotatable bonds is 17. The fourth-order valence-corrected chi connectivity index (χ4v) is 4.33. The molecule has 0 aliphatic heterocycles. The summed E-state index contributed by atoms with van der Waals surface area (Å²) in [5, 5.41) is 0. The molecule has 29 heavy (non-hydrogen) atoms. The van der Waals surface area contributed by atoms with Crippen LogP contribution in [0, 0.1) is 0 Å². The normalized spacial score (nSPS) is 11.2. The molecule has 0 amide bonds. The van der Waals surface area contributed by atoms with E-state index < -0.39 is 0 Å². The van der Waals surface area contributed by atoms with Crippen LogP contribution in [0.5, 0.6) is 0 Å². The summed E-state index contributed by atoms with van der Waals surface area (Å²) < 4.78 is 4.79. The summed E-state index contributed by atoms with van der Waals surface area (Å²) in [5.41, 5.74) is 1.27. The standard InChI is InChI=1S/C27H45N2/c1-3-5-6-7-8-9-10-11-12-13-14-15-16-20-23-28-24-25-29(27(28)4-2)26-21-18-17-19-22-26/h17-19,21-22,24-25H,3-16,20,23H2,1-2H3/q+1. The Bertz CT molecular complexity index is 629. The molecule has 0 atom stereocenters. The minimum Gasteiger partial charge on any atom is -0.234 e. The largest absolute Gasteiger partial charge is 0.261 e. The van der Waals surface area contributed by atoms with Crippen molar-refractivity contribution in [1.29, 1.82) is 0 Å². The van der Waals surface area contributed by atoms with Crippen LogP contribution >= 0.6 is 0 Å². The van der Waals surface area contributed by atoms with Gasteiger partial charge in [-0.1, -0.05) is 109 Å². The monoisotopic (exact) mass is 397 g/mol. The Morgan fingerprint density at radius 2 is 1.17 bits per heavy atom. The van der Waals surface area contributed by atoms with Crippen molar-refractivity contribution in [2.45, 2.75) is 117 Å². The second kappa shape index (κ2) is 15.3. The van der Waals surface area contributed by atoms with Gasteiger partial charge in [0.25, 0.3) is 5.82 Å². The quantitative estimate of drug-likeness (QED) is 0.190. The topological polar surface area (TPSA) is 8.81 Å². The summed E-state index contributed by atoms with van der Waals surface area (Å²) in [7, 11) is 0. The van der Waals surface area contributed by atoms with Crippen LogP contribution in [0.25, 0.3) is 5.69 Å². The zero-order valence-electron chi connectivity index (χ0n) is 19.2. The van der Waals surface area contributed by atoms with Crippen molar-refractivity contribution >= 4 is 0 Å². The molecule has 0 aliphatic carbocycles. The Balaban J connectivity index is 1.50. The number of para-hydroxylation sites is 1. The van der Waals surface area contributed by atoms with Gasteiger partial charge < -0.3 is 0 Å². The van der Waals surface area contributed by atoms with Gasteiger partial charge in [0.15, 0.2) is 0 Å². The smallest absolute Gasteiger partial charge is 0.234 e. The summed E-state index contributed by atoms with van der Waals surface area (Å²) in [5.74, 6) is 1.41. The summed E-state index contributed by atoms with van der Waals surface area (Å²) >= 11 is 0. The summed E-state index contributed by atoms with van der Waals surface area (Å²) in [4.78, 5) is 0. The Morgan fingerprint density at radius 1 is 0.655 bits per heavy atom. The maximum Gasteiger partial charge on any atom is 0.261 e. The highest BCUT2D eigenvalue weighted by molar-refractivity contribution is 5.31. The molecule has 0 saturated heterocycles. The highest BCUT2D eigenvalue weighted by Crippen LogP contribution is 2.13. The molecule has 1 aromatic heterocycles. The van der Waals surface area contributed by atoms with Crippen molar-refractivity contribution in [3.05, 3.63) is 48.5 Å². The lowest BCUT2D eigenvalue weighted by atomic mass is 10.0. The van der Waals surface area contributed by atoms with Crippen LogP contribution in [0.1, 0.15) is 110 Å². The third-order valence-corrected chi connectivity index (χ3v) is 6.11. The SMILES string of the molecule is CCCCCCCCCCCCCCCC[n+]1ccn(-c2ccccc2)c1CC. The van der Waals surface area contributed by atoms with E-state index in [1.54, 1.807) is 0 Å². The van der Waals surface area contributed by atoms with Gasteiger partial charge in [-0.3, -0.25) is 0 Å². The van der Waals surface area contributed by atoms with Gasteiger partial charge in [0.2, 0.25) is 0 Å². The van der Waals surface area contributed by atoms with Crippen molar-refractivity contribution in [2.75, 3.05) is 0 Å². The van der Waals surface area contributed by atoms with Gasteiger partial charge in [-0.2, -0.15) is 4.57 Å². The summed E-state index contributed by atoms with van der Waals surface area (Å²) in [6.07, 6.45) is 25.5. The van der Waals surface area contributed by atoms with Gasteiger partial charge >= 0.3 is 0 Å². The van der Waals surface area contributed by atoms with E-state index in [0.29, 0.717) is 0 Å². The molecule has 1 heterocycles. The Labute approximate surface area is 180 Å². The van der Waals surface area contributed by atoms with Crippen LogP contribution in [-0.2, 0) is 13.0 Å². The number of aromatic nitrogens is 2. The van der Waals surface area contributed by atoms with E-state index in [-0.39, 0.29) is 0 Å². The highest BCUT2D eigenvalue weighted by Gasteiger charge is 2.16. The van der Waals surface area contributed by atoms with E-state index in [1.807, 2.05) is 0 Å². The third-order valence-electron chi connectivity index (χ3n) is 6.11. The van der Waals surface area contributed by atoms with Crippen LogP contribution < -0.4 is 4.57 Å². The first kappa shape index (κ1) is 23.7. The Hall–Kier alpha value is -1.57. The first-order valence-electron chi connectivity index (χ1n) is 12.5. The lowest BCUT2D eigenvalue weighted by Crippen LogP contribution is -2.36. The van der Waals surface area contributed by atoms with E-state index in [4.69, 9.17) is 0 Å². The van der Waals surface area contributed by atoms with Gasteiger partial charge in [0, 0.05) is 6.42 Å². The predicted molar refractivity (Wildman–Crippen MR) is 126 cm³/mol. The second-order valence-corrected chi connectivity index (χ2v) is 8.56. The van der Waals surface area contributed by atoms with Crippen molar-refractivity contribution in [2.24, 2.45) is 0 Å². The molecule has 2 aromatic rings. The number of aryl methyl sites for hydroxylation is 1.